The first kappa shape index (κ1) is 12.2. The second kappa shape index (κ2) is 5.36. The van der Waals surface area contributed by atoms with Gasteiger partial charge in [0.2, 0.25) is 5.91 Å². The maximum absolute atomic E-state index is 11.9. The van der Waals surface area contributed by atoms with Crippen LogP contribution in [0, 0.1) is 6.92 Å². The van der Waals surface area contributed by atoms with Gasteiger partial charge in [-0.15, -0.1) is 0 Å². The molecule has 1 atom stereocenters. The van der Waals surface area contributed by atoms with E-state index in [1.807, 2.05) is 7.05 Å². The molecule has 1 aromatic rings. The van der Waals surface area contributed by atoms with Gasteiger partial charge in [-0.05, 0) is 38.4 Å². The van der Waals surface area contributed by atoms with E-state index in [0.29, 0.717) is 6.54 Å². The van der Waals surface area contributed by atoms with Crippen molar-refractivity contribution in [3.8, 4) is 0 Å². The molecule has 1 saturated heterocycles. The molecule has 94 valence electrons. The number of rotatable bonds is 3. The van der Waals surface area contributed by atoms with Crippen molar-refractivity contribution in [3.05, 3.63) is 23.5 Å². The molecule has 1 aliphatic heterocycles. The van der Waals surface area contributed by atoms with Crippen LogP contribution in [0.25, 0.3) is 0 Å². The Morgan fingerprint density at radius 2 is 2.35 bits per heavy atom. The van der Waals surface area contributed by atoms with Crippen molar-refractivity contribution >= 4 is 5.91 Å². The van der Waals surface area contributed by atoms with Crippen LogP contribution in [0.3, 0.4) is 0 Å². The normalized spacial score (nSPS) is 20.2. The standard InChI is InChI=1S/C13H21N3O/c1-10-6-7-11(16(10)2)9-15-13(17)12-5-3-4-8-14-12/h6-7,12,14H,3-5,8-9H2,1-2H3,(H,15,17). The second-order valence-corrected chi connectivity index (χ2v) is 4.75. The van der Waals surface area contributed by atoms with Gasteiger partial charge in [0.15, 0.2) is 0 Å². The molecule has 1 aromatic heterocycles. The van der Waals surface area contributed by atoms with Crippen LogP contribution in [0.4, 0.5) is 0 Å². The monoisotopic (exact) mass is 235 g/mol. The molecule has 0 aliphatic carbocycles. The first-order valence-corrected chi connectivity index (χ1v) is 6.31. The number of carbonyl (C=O) groups excluding carboxylic acids is 1. The summed E-state index contributed by atoms with van der Waals surface area (Å²) in [6, 6.07) is 4.13. The van der Waals surface area contributed by atoms with Gasteiger partial charge in [-0.1, -0.05) is 6.42 Å². The van der Waals surface area contributed by atoms with E-state index in [9.17, 15) is 4.79 Å². The highest BCUT2D eigenvalue weighted by Crippen LogP contribution is 2.08. The van der Waals surface area contributed by atoms with E-state index >= 15 is 0 Å². The molecule has 0 bridgehead atoms. The van der Waals surface area contributed by atoms with E-state index in [0.717, 1.165) is 25.1 Å². The van der Waals surface area contributed by atoms with Crippen LogP contribution in [0.5, 0.6) is 0 Å². The molecular weight excluding hydrogens is 214 g/mol. The van der Waals surface area contributed by atoms with Gasteiger partial charge in [0, 0.05) is 18.4 Å². The lowest BCUT2D eigenvalue weighted by atomic mass is 10.0. The van der Waals surface area contributed by atoms with Gasteiger partial charge in [0.25, 0.3) is 0 Å². The van der Waals surface area contributed by atoms with Crippen molar-refractivity contribution in [2.75, 3.05) is 6.54 Å². The molecule has 1 aliphatic rings. The Kier molecular flexibility index (Phi) is 3.84. The quantitative estimate of drug-likeness (QED) is 0.824. The zero-order valence-electron chi connectivity index (χ0n) is 10.6. The summed E-state index contributed by atoms with van der Waals surface area (Å²) in [4.78, 5) is 11.9. The molecule has 17 heavy (non-hydrogen) atoms. The number of nitrogens with zero attached hydrogens (tertiary/aromatic N) is 1. The maximum Gasteiger partial charge on any atom is 0.237 e. The number of amides is 1. The lowest BCUT2D eigenvalue weighted by molar-refractivity contribution is -0.123. The zero-order chi connectivity index (χ0) is 12.3. The summed E-state index contributed by atoms with van der Waals surface area (Å²) in [5.41, 5.74) is 2.36. The Morgan fingerprint density at radius 3 is 2.94 bits per heavy atom. The van der Waals surface area contributed by atoms with Crippen LogP contribution in [0.1, 0.15) is 30.7 Å². The largest absolute Gasteiger partial charge is 0.350 e. The van der Waals surface area contributed by atoms with Crippen molar-refractivity contribution in [1.82, 2.24) is 15.2 Å². The maximum atomic E-state index is 11.9. The molecule has 2 rings (SSSR count). The molecule has 4 nitrogen and oxygen atoms in total. The third-order valence-corrected chi connectivity index (χ3v) is 3.55. The van der Waals surface area contributed by atoms with E-state index in [1.54, 1.807) is 0 Å². The van der Waals surface area contributed by atoms with Gasteiger partial charge in [0.05, 0.1) is 12.6 Å². The second-order valence-electron chi connectivity index (χ2n) is 4.75. The number of aromatic nitrogens is 1. The van der Waals surface area contributed by atoms with Crippen LogP contribution in [0.15, 0.2) is 12.1 Å². The molecule has 0 spiro atoms. The molecule has 1 amide bonds. The van der Waals surface area contributed by atoms with Gasteiger partial charge in [-0.2, -0.15) is 0 Å². The molecule has 2 heterocycles. The summed E-state index contributed by atoms with van der Waals surface area (Å²) in [5, 5.41) is 6.26. The number of piperidine rings is 1. The third-order valence-electron chi connectivity index (χ3n) is 3.55. The summed E-state index contributed by atoms with van der Waals surface area (Å²) >= 11 is 0. The average Bonchev–Trinajstić information content (AvgIpc) is 2.68. The molecular formula is C13H21N3O. The highest BCUT2D eigenvalue weighted by atomic mass is 16.2. The Balaban J connectivity index is 1.85. The molecule has 4 heteroatoms. The van der Waals surface area contributed by atoms with Gasteiger partial charge in [-0.25, -0.2) is 0 Å². The van der Waals surface area contributed by atoms with Gasteiger partial charge < -0.3 is 15.2 Å². The fourth-order valence-corrected chi connectivity index (χ4v) is 2.22. The number of nitrogens with one attached hydrogen (secondary N) is 2. The minimum Gasteiger partial charge on any atom is -0.350 e. The average molecular weight is 235 g/mol. The number of hydrogen-bond donors (Lipinski definition) is 2. The Bertz CT molecular complexity index is 391. The number of aryl methyl sites for hydroxylation is 1. The van der Waals surface area contributed by atoms with Crippen molar-refractivity contribution in [3.63, 3.8) is 0 Å². The summed E-state index contributed by atoms with van der Waals surface area (Å²) in [6.45, 7) is 3.64. The number of carbonyl (C=O) groups is 1. The van der Waals surface area contributed by atoms with E-state index < -0.39 is 0 Å². The van der Waals surface area contributed by atoms with Crippen molar-refractivity contribution < 1.29 is 4.79 Å². The van der Waals surface area contributed by atoms with Crippen molar-refractivity contribution in [2.45, 2.75) is 38.8 Å². The Labute approximate surface area is 102 Å². The smallest absolute Gasteiger partial charge is 0.237 e. The summed E-state index contributed by atoms with van der Waals surface area (Å²) < 4.78 is 2.11. The van der Waals surface area contributed by atoms with Crippen LogP contribution in [0.2, 0.25) is 0 Å². The topological polar surface area (TPSA) is 46.1 Å². The predicted octanol–water partition coefficient (Wildman–Crippen LogP) is 1.09. The first-order valence-electron chi connectivity index (χ1n) is 6.31. The number of hydrogen-bond acceptors (Lipinski definition) is 2. The highest BCUT2D eigenvalue weighted by molar-refractivity contribution is 5.81. The molecule has 2 N–H and O–H groups in total. The minimum absolute atomic E-state index is 0.00474. The van der Waals surface area contributed by atoms with Gasteiger partial charge >= 0.3 is 0 Å². The van der Waals surface area contributed by atoms with E-state index in [4.69, 9.17) is 0 Å². The lowest BCUT2D eigenvalue weighted by Gasteiger charge is -2.22. The van der Waals surface area contributed by atoms with Crippen molar-refractivity contribution in [1.29, 1.82) is 0 Å². The van der Waals surface area contributed by atoms with E-state index in [-0.39, 0.29) is 11.9 Å². The van der Waals surface area contributed by atoms with Crippen LogP contribution in [-0.2, 0) is 18.4 Å². The lowest BCUT2D eigenvalue weighted by Crippen LogP contribution is -2.46. The first-order chi connectivity index (χ1) is 8.18. The van der Waals surface area contributed by atoms with Gasteiger partial charge in [-0.3, -0.25) is 4.79 Å². The third kappa shape index (κ3) is 2.88. The fourth-order valence-electron chi connectivity index (χ4n) is 2.22. The molecule has 1 unspecified atom stereocenters. The molecule has 0 radical (unpaired) electrons. The molecule has 0 aromatic carbocycles. The van der Waals surface area contributed by atoms with Gasteiger partial charge in [0.1, 0.15) is 0 Å². The highest BCUT2D eigenvalue weighted by Gasteiger charge is 2.20. The molecule has 0 saturated carbocycles. The minimum atomic E-state index is 0.00474. The van der Waals surface area contributed by atoms with E-state index in [2.05, 4.69) is 34.3 Å². The summed E-state index contributed by atoms with van der Waals surface area (Å²) in [6.07, 6.45) is 3.28. The van der Waals surface area contributed by atoms with E-state index in [1.165, 1.54) is 12.1 Å². The molecule has 1 fully saturated rings. The summed E-state index contributed by atoms with van der Waals surface area (Å²) in [7, 11) is 2.02. The van der Waals surface area contributed by atoms with Crippen LogP contribution < -0.4 is 10.6 Å². The Hall–Kier alpha value is -1.29. The zero-order valence-corrected chi connectivity index (χ0v) is 10.6. The van der Waals surface area contributed by atoms with Crippen molar-refractivity contribution in [2.24, 2.45) is 7.05 Å². The SMILES string of the molecule is Cc1ccc(CNC(=O)C2CCCCN2)n1C. The Morgan fingerprint density at radius 1 is 1.53 bits per heavy atom. The van der Waals surface area contributed by atoms with Crippen LogP contribution >= 0.6 is 0 Å². The fraction of sp³-hybridized carbons (Fsp3) is 0.615. The summed E-state index contributed by atoms with van der Waals surface area (Å²) in [5.74, 6) is 0.128. The predicted molar refractivity (Wildman–Crippen MR) is 67.6 cm³/mol. The van der Waals surface area contributed by atoms with Crippen LogP contribution in [-0.4, -0.2) is 23.1 Å².